The number of rotatable bonds is 4. The summed E-state index contributed by atoms with van der Waals surface area (Å²) in [5.74, 6) is -0.198. The quantitative estimate of drug-likeness (QED) is 0.881. The fourth-order valence-corrected chi connectivity index (χ4v) is 2.35. The second kappa shape index (κ2) is 5.96. The molecule has 0 fully saturated rings. The summed E-state index contributed by atoms with van der Waals surface area (Å²) < 4.78 is 13.9. The smallest absolute Gasteiger partial charge is 0.124 e. The summed E-state index contributed by atoms with van der Waals surface area (Å²) in [6.07, 6.45) is 0.901. The van der Waals surface area contributed by atoms with E-state index in [9.17, 15) is 4.39 Å². The maximum Gasteiger partial charge on any atom is 0.124 e. The van der Waals surface area contributed by atoms with Gasteiger partial charge in [0, 0.05) is 10.5 Å². The molecule has 0 spiro atoms. The summed E-state index contributed by atoms with van der Waals surface area (Å²) in [5.41, 5.74) is 1.33. The Hall–Kier alpha value is -0.410. The van der Waals surface area contributed by atoms with Crippen LogP contribution in [0.2, 0.25) is 0 Å². The third-order valence-electron chi connectivity index (χ3n) is 2.94. The maximum atomic E-state index is 13.0. The molecule has 3 heteroatoms. The molecule has 1 nitrogen and oxygen atoms in total. The molecule has 0 radical (unpaired) electrons. The zero-order chi connectivity index (χ0) is 13.1. The van der Waals surface area contributed by atoms with E-state index in [2.05, 4.69) is 48.9 Å². The van der Waals surface area contributed by atoms with Crippen molar-refractivity contribution in [1.29, 1.82) is 0 Å². The van der Waals surface area contributed by atoms with Crippen LogP contribution in [0.5, 0.6) is 0 Å². The molecule has 96 valence electrons. The van der Waals surface area contributed by atoms with Crippen molar-refractivity contribution in [3.05, 3.63) is 34.1 Å². The van der Waals surface area contributed by atoms with Crippen molar-refractivity contribution in [2.75, 3.05) is 6.54 Å². The van der Waals surface area contributed by atoms with Crippen molar-refractivity contribution in [2.45, 2.75) is 40.2 Å². The fraction of sp³-hybridized carbons (Fsp3) is 0.571. The minimum atomic E-state index is -0.198. The van der Waals surface area contributed by atoms with Gasteiger partial charge in [-0.15, -0.1) is 0 Å². The third kappa shape index (κ3) is 4.40. The van der Waals surface area contributed by atoms with Crippen LogP contribution in [0.4, 0.5) is 4.39 Å². The molecule has 1 aromatic rings. The van der Waals surface area contributed by atoms with Gasteiger partial charge in [0.2, 0.25) is 0 Å². The zero-order valence-electron chi connectivity index (χ0n) is 11.0. The highest BCUT2D eigenvalue weighted by atomic mass is 79.9. The summed E-state index contributed by atoms with van der Waals surface area (Å²) in [5, 5.41) is 3.50. The van der Waals surface area contributed by atoms with Crippen molar-refractivity contribution < 1.29 is 4.39 Å². The van der Waals surface area contributed by atoms with Crippen LogP contribution in [0.1, 0.15) is 33.3 Å². The number of likely N-dealkylation sites (N-methyl/N-ethyl adjacent to an activating group) is 1. The normalized spacial score (nSPS) is 13.8. The maximum absolute atomic E-state index is 13.0. The van der Waals surface area contributed by atoms with E-state index in [1.54, 1.807) is 0 Å². The van der Waals surface area contributed by atoms with E-state index in [1.807, 2.05) is 6.07 Å². The van der Waals surface area contributed by atoms with Crippen LogP contribution in [0.3, 0.4) is 0 Å². The minimum Gasteiger partial charge on any atom is -0.313 e. The van der Waals surface area contributed by atoms with Gasteiger partial charge in [0.15, 0.2) is 0 Å². The fourth-order valence-electron chi connectivity index (χ4n) is 1.84. The molecule has 0 amide bonds. The highest BCUT2D eigenvalue weighted by Crippen LogP contribution is 2.26. The highest BCUT2D eigenvalue weighted by molar-refractivity contribution is 9.10. The van der Waals surface area contributed by atoms with Gasteiger partial charge in [0.1, 0.15) is 5.82 Å². The van der Waals surface area contributed by atoms with E-state index < -0.39 is 0 Å². The molecule has 0 saturated heterocycles. The van der Waals surface area contributed by atoms with E-state index in [1.165, 1.54) is 12.1 Å². The molecule has 0 aliphatic carbocycles. The molecule has 0 heterocycles. The lowest BCUT2D eigenvalue weighted by atomic mass is 9.83. The van der Waals surface area contributed by atoms with Gasteiger partial charge in [0.05, 0.1) is 0 Å². The Balaban J connectivity index is 2.86. The lowest BCUT2D eigenvalue weighted by molar-refractivity contribution is 0.270. The van der Waals surface area contributed by atoms with Crippen LogP contribution >= 0.6 is 15.9 Å². The molecule has 1 aromatic carbocycles. The number of benzene rings is 1. The van der Waals surface area contributed by atoms with Crippen molar-refractivity contribution >= 4 is 15.9 Å². The predicted molar refractivity (Wildman–Crippen MR) is 74.7 cm³/mol. The third-order valence-corrected chi connectivity index (χ3v) is 3.67. The molecule has 1 unspecified atom stereocenters. The largest absolute Gasteiger partial charge is 0.313 e. The molecule has 1 atom stereocenters. The summed E-state index contributed by atoms with van der Waals surface area (Å²) in [6.45, 7) is 9.71. The molecule has 0 saturated carbocycles. The molecule has 0 bridgehead atoms. The molecular formula is C14H21BrFN. The first-order chi connectivity index (χ1) is 7.84. The van der Waals surface area contributed by atoms with Gasteiger partial charge in [-0.25, -0.2) is 4.39 Å². The molecule has 1 N–H and O–H groups in total. The monoisotopic (exact) mass is 301 g/mol. The lowest BCUT2D eigenvalue weighted by Crippen LogP contribution is -2.41. The first kappa shape index (κ1) is 14.7. The van der Waals surface area contributed by atoms with Gasteiger partial charge in [-0.2, -0.15) is 0 Å². The Morgan fingerprint density at radius 1 is 1.35 bits per heavy atom. The lowest BCUT2D eigenvalue weighted by Gasteiger charge is -2.31. The van der Waals surface area contributed by atoms with Crippen LogP contribution in [-0.4, -0.2) is 12.6 Å². The first-order valence-electron chi connectivity index (χ1n) is 6.02. The number of hydrogen-bond acceptors (Lipinski definition) is 1. The van der Waals surface area contributed by atoms with Gasteiger partial charge in [-0.05, 0) is 36.1 Å². The van der Waals surface area contributed by atoms with E-state index in [0.29, 0.717) is 6.04 Å². The van der Waals surface area contributed by atoms with Crippen LogP contribution in [0.25, 0.3) is 0 Å². The van der Waals surface area contributed by atoms with Crippen LogP contribution < -0.4 is 5.32 Å². The Morgan fingerprint density at radius 2 is 2.00 bits per heavy atom. The topological polar surface area (TPSA) is 12.0 Å². The molecular weight excluding hydrogens is 281 g/mol. The van der Waals surface area contributed by atoms with Crippen LogP contribution in [0.15, 0.2) is 22.7 Å². The van der Waals surface area contributed by atoms with E-state index in [-0.39, 0.29) is 11.2 Å². The molecule has 0 aliphatic rings. The Labute approximate surface area is 112 Å². The number of nitrogens with one attached hydrogen (secondary N) is 1. The second-order valence-electron chi connectivity index (χ2n) is 5.42. The molecule has 0 aliphatic heterocycles. The van der Waals surface area contributed by atoms with Crippen molar-refractivity contribution in [1.82, 2.24) is 5.32 Å². The number of halogens is 2. The van der Waals surface area contributed by atoms with E-state index in [4.69, 9.17) is 0 Å². The average molecular weight is 302 g/mol. The van der Waals surface area contributed by atoms with Crippen molar-refractivity contribution in [3.63, 3.8) is 0 Å². The van der Waals surface area contributed by atoms with Gasteiger partial charge in [0.25, 0.3) is 0 Å². The SMILES string of the molecule is CCNC(Cc1ccc(F)cc1Br)C(C)(C)C. The van der Waals surface area contributed by atoms with Gasteiger partial charge < -0.3 is 5.32 Å². The van der Waals surface area contributed by atoms with Gasteiger partial charge in [-0.3, -0.25) is 0 Å². The van der Waals surface area contributed by atoms with E-state index >= 15 is 0 Å². The molecule has 0 aromatic heterocycles. The summed E-state index contributed by atoms with van der Waals surface area (Å²) in [4.78, 5) is 0. The Kier molecular flexibility index (Phi) is 5.14. The summed E-state index contributed by atoms with van der Waals surface area (Å²) >= 11 is 3.43. The molecule has 1 rings (SSSR count). The zero-order valence-corrected chi connectivity index (χ0v) is 12.6. The Morgan fingerprint density at radius 3 is 2.47 bits per heavy atom. The number of hydrogen-bond donors (Lipinski definition) is 1. The highest BCUT2D eigenvalue weighted by Gasteiger charge is 2.24. The predicted octanol–water partition coefficient (Wildman–Crippen LogP) is 4.15. The van der Waals surface area contributed by atoms with Gasteiger partial charge in [-0.1, -0.05) is 49.7 Å². The molecule has 17 heavy (non-hydrogen) atoms. The Bertz CT molecular complexity index is 371. The van der Waals surface area contributed by atoms with Crippen LogP contribution in [0, 0.1) is 11.2 Å². The second-order valence-corrected chi connectivity index (χ2v) is 6.27. The first-order valence-corrected chi connectivity index (χ1v) is 6.81. The minimum absolute atomic E-state index is 0.184. The standard InChI is InChI=1S/C14H21BrFN/c1-5-17-13(14(2,3)4)8-10-6-7-11(16)9-12(10)15/h6-7,9,13,17H,5,8H2,1-4H3. The average Bonchev–Trinajstić information content (AvgIpc) is 2.19. The van der Waals surface area contributed by atoms with Gasteiger partial charge >= 0.3 is 0 Å². The van der Waals surface area contributed by atoms with Crippen LogP contribution in [-0.2, 0) is 6.42 Å². The summed E-state index contributed by atoms with van der Waals surface area (Å²) in [7, 11) is 0. The van der Waals surface area contributed by atoms with Crippen molar-refractivity contribution in [3.8, 4) is 0 Å². The summed E-state index contributed by atoms with van der Waals surface area (Å²) in [6, 6.07) is 5.29. The van der Waals surface area contributed by atoms with E-state index in [0.717, 1.165) is 23.0 Å². The van der Waals surface area contributed by atoms with Crippen molar-refractivity contribution in [2.24, 2.45) is 5.41 Å².